The van der Waals surface area contributed by atoms with Crippen LogP contribution in [0.3, 0.4) is 0 Å². The van der Waals surface area contributed by atoms with Gasteiger partial charge in [0.05, 0.1) is 10.9 Å². The Balaban J connectivity index is 2.60. The number of carbonyl (C=O) groups is 1. The molecule has 0 aromatic heterocycles. The minimum Gasteiger partial charge on any atom is -0.391 e. The fourth-order valence-electron chi connectivity index (χ4n) is 1.75. The third-order valence-electron chi connectivity index (χ3n) is 2.77. The second-order valence-corrected chi connectivity index (χ2v) is 5.05. The number of nitrogens with zero attached hydrogens (tertiary/aromatic N) is 1. The number of halogens is 1. The SMILES string of the molecule is CCC(Br)C(=O)N1CC(O)CCC1C. The minimum atomic E-state index is -0.341. The number of aliphatic hydroxyl groups is 1. The molecule has 0 bridgehead atoms. The molecule has 1 fully saturated rings. The number of hydrogen-bond acceptors (Lipinski definition) is 2. The van der Waals surface area contributed by atoms with Crippen molar-refractivity contribution in [3.05, 3.63) is 0 Å². The number of β-amino-alcohol motifs (C(OH)–C–C–N with tert-alkyl or cyclic N) is 1. The molecule has 0 saturated carbocycles. The fraction of sp³-hybridized carbons (Fsp3) is 0.900. The van der Waals surface area contributed by atoms with Crippen molar-refractivity contribution in [2.75, 3.05) is 6.54 Å². The van der Waals surface area contributed by atoms with Crippen LogP contribution in [0.1, 0.15) is 33.1 Å². The Kier molecular flexibility index (Phi) is 4.38. The zero-order valence-corrected chi connectivity index (χ0v) is 10.3. The van der Waals surface area contributed by atoms with Crippen molar-refractivity contribution in [1.29, 1.82) is 0 Å². The second-order valence-electron chi connectivity index (χ2n) is 3.95. The number of piperidine rings is 1. The van der Waals surface area contributed by atoms with E-state index in [2.05, 4.69) is 15.9 Å². The molecule has 4 heteroatoms. The number of amides is 1. The highest BCUT2D eigenvalue weighted by molar-refractivity contribution is 9.10. The maximum atomic E-state index is 11.9. The first-order chi connectivity index (χ1) is 6.56. The summed E-state index contributed by atoms with van der Waals surface area (Å²) < 4.78 is 0. The molecule has 3 unspecified atom stereocenters. The minimum absolute atomic E-state index is 0.102. The van der Waals surface area contributed by atoms with E-state index in [0.717, 1.165) is 19.3 Å². The summed E-state index contributed by atoms with van der Waals surface area (Å²) >= 11 is 3.35. The Labute approximate surface area is 93.6 Å². The summed E-state index contributed by atoms with van der Waals surface area (Å²) in [5, 5.41) is 9.49. The molecule has 3 atom stereocenters. The van der Waals surface area contributed by atoms with Gasteiger partial charge in [0.1, 0.15) is 0 Å². The largest absolute Gasteiger partial charge is 0.391 e. The highest BCUT2D eigenvalue weighted by Crippen LogP contribution is 2.20. The van der Waals surface area contributed by atoms with Crippen molar-refractivity contribution in [2.24, 2.45) is 0 Å². The molecule has 1 aliphatic heterocycles. The van der Waals surface area contributed by atoms with Crippen LogP contribution < -0.4 is 0 Å². The quantitative estimate of drug-likeness (QED) is 0.768. The summed E-state index contributed by atoms with van der Waals surface area (Å²) in [6.07, 6.45) is 2.16. The molecule has 1 saturated heterocycles. The summed E-state index contributed by atoms with van der Waals surface area (Å²) in [5.41, 5.74) is 0. The van der Waals surface area contributed by atoms with Crippen LogP contribution in [0.25, 0.3) is 0 Å². The Morgan fingerprint density at radius 2 is 2.29 bits per heavy atom. The Morgan fingerprint density at radius 1 is 1.64 bits per heavy atom. The van der Waals surface area contributed by atoms with Gasteiger partial charge in [-0.3, -0.25) is 4.79 Å². The number of alkyl halides is 1. The zero-order valence-electron chi connectivity index (χ0n) is 8.74. The fourth-order valence-corrected chi connectivity index (χ4v) is 2.01. The van der Waals surface area contributed by atoms with E-state index in [1.54, 1.807) is 4.90 Å². The van der Waals surface area contributed by atoms with E-state index in [4.69, 9.17) is 0 Å². The molecule has 0 aliphatic carbocycles. The number of hydrogen-bond donors (Lipinski definition) is 1. The van der Waals surface area contributed by atoms with Crippen LogP contribution in [0.2, 0.25) is 0 Å². The second kappa shape index (κ2) is 5.12. The summed E-state index contributed by atoms with van der Waals surface area (Å²) in [5.74, 6) is 0.110. The smallest absolute Gasteiger partial charge is 0.236 e. The van der Waals surface area contributed by atoms with Crippen LogP contribution in [0, 0.1) is 0 Å². The molecule has 3 nitrogen and oxygen atoms in total. The predicted molar refractivity (Wildman–Crippen MR) is 59.4 cm³/mol. The monoisotopic (exact) mass is 263 g/mol. The first kappa shape index (κ1) is 12.0. The normalized spacial score (nSPS) is 30.1. The maximum Gasteiger partial charge on any atom is 0.236 e. The summed E-state index contributed by atoms with van der Waals surface area (Å²) in [6.45, 7) is 4.50. The molecule has 1 amide bonds. The lowest BCUT2D eigenvalue weighted by Crippen LogP contribution is -2.49. The summed E-state index contributed by atoms with van der Waals surface area (Å²) in [4.78, 5) is 13.5. The van der Waals surface area contributed by atoms with Crippen LogP contribution in [-0.4, -0.2) is 39.4 Å². The van der Waals surface area contributed by atoms with Gasteiger partial charge in [0.2, 0.25) is 5.91 Å². The molecule has 0 aromatic rings. The lowest BCUT2D eigenvalue weighted by molar-refractivity contribution is -0.136. The van der Waals surface area contributed by atoms with Gasteiger partial charge < -0.3 is 10.0 Å². The van der Waals surface area contributed by atoms with Crippen LogP contribution in [0.5, 0.6) is 0 Å². The van der Waals surface area contributed by atoms with Crippen molar-refractivity contribution in [3.8, 4) is 0 Å². The first-order valence-corrected chi connectivity index (χ1v) is 6.10. The highest BCUT2D eigenvalue weighted by atomic mass is 79.9. The molecule has 14 heavy (non-hydrogen) atoms. The van der Waals surface area contributed by atoms with Crippen molar-refractivity contribution in [3.63, 3.8) is 0 Å². The third-order valence-corrected chi connectivity index (χ3v) is 3.81. The van der Waals surface area contributed by atoms with Crippen molar-refractivity contribution in [1.82, 2.24) is 4.90 Å². The molecule has 1 heterocycles. The maximum absolute atomic E-state index is 11.9. The number of carbonyl (C=O) groups excluding carboxylic acids is 1. The average Bonchev–Trinajstić information content (AvgIpc) is 2.19. The zero-order chi connectivity index (χ0) is 10.7. The van der Waals surface area contributed by atoms with E-state index in [1.807, 2.05) is 13.8 Å². The van der Waals surface area contributed by atoms with Crippen LogP contribution in [-0.2, 0) is 4.79 Å². The standard InChI is InChI=1S/C10H18BrNO2/c1-3-9(11)10(14)12-6-8(13)5-4-7(12)2/h7-9,13H,3-6H2,1-2H3. The van der Waals surface area contributed by atoms with Gasteiger partial charge >= 0.3 is 0 Å². The Hall–Kier alpha value is -0.0900. The van der Waals surface area contributed by atoms with Crippen LogP contribution in [0.4, 0.5) is 0 Å². The van der Waals surface area contributed by atoms with E-state index in [0.29, 0.717) is 6.54 Å². The molecule has 1 N–H and O–H groups in total. The van der Waals surface area contributed by atoms with Gasteiger partial charge in [-0.25, -0.2) is 0 Å². The lowest BCUT2D eigenvalue weighted by atomic mass is 10.0. The molecule has 1 aliphatic rings. The van der Waals surface area contributed by atoms with Gasteiger partial charge in [0.15, 0.2) is 0 Å². The molecule has 82 valence electrons. The van der Waals surface area contributed by atoms with Gasteiger partial charge in [-0.15, -0.1) is 0 Å². The molecule has 0 aromatic carbocycles. The topological polar surface area (TPSA) is 40.5 Å². The molecule has 0 radical (unpaired) electrons. The third kappa shape index (κ3) is 2.70. The molecule has 1 rings (SSSR count). The van der Waals surface area contributed by atoms with Gasteiger partial charge in [-0.1, -0.05) is 22.9 Å². The predicted octanol–water partition coefficient (Wildman–Crippen LogP) is 1.53. The van der Waals surface area contributed by atoms with Gasteiger partial charge in [0.25, 0.3) is 0 Å². The van der Waals surface area contributed by atoms with Gasteiger partial charge in [0, 0.05) is 12.6 Å². The van der Waals surface area contributed by atoms with E-state index in [9.17, 15) is 9.90 Å². The van der Waals surface area contributed by atoms with Gasteiger partial charge in [-0.2, -0.15) is 0 Å². The number of aliphatic hydroxyl groups excluding tert-OH is 1. The van der Waals surface area contributed by atoms with Crippen molar-refractivity contribution < 1.29 is 9.90 Å². The first-order valence-electron chi connectivity index (χ1n) is 5.18. The van der Waals surface area contributed by atoms with Crippen LogP contribution in [0.15, 0.2) is 0 Å². The molecule has 0 spiro atoms. The Bertz CT molecular complexity index is 210. The van der Waals surface area contributed by atoms with Crippen molar-refractivity contribution >= 4 is 21.8 Å². The number of likely N-dealkylation sites (tertiary alicyclic amines) is 1. The summed E-state index contributed by atoms with van der Waals surface area (Å²) in [7, 11) is 0. The van der Waals surface area contributed by atoms with E-state index < -0.39 is 0 Å². The molecular weight excluding hydrogens is 246 g/mol. The van der Waals surface area contributed by atoms with E-state index >= 15 is 0 Å². The average molecular weight is 264 g/mol. The van der Waals surface area contributed by atoms with Gasteiger partial charge in [-0.05, 0) is 26.2 Å². The number of rotatable bonds is 2. The highest BCUT2D eigenvalue weighted by Gasteiger charge is 2.30. The van der Waals surface area contributed by atoms with Crippen molar-refractivity contribution in [2.45, 2.75) is 50.1 Å². The lowest BCUT2D eigenvalue weighted by Gasteiger charge is -2.37. The Morgan fingerprint density at radius 3 is 2.86 bits per heavy atom. The molecular formula is C10H18BrNO2. The van der Waals surface area contributed by atoms with E-state index in [1.165, 1.54) is 0 Å². The summed E-state index contributed by atoms with van der Waals surface area (Å²) in [6, 6.07) is 0.262. The van der Waals surface area contributed by atoms with E-state index in [-0.39, 0.29) is 22.9 Å². The van der Waals surface area contributed by atoms with Crippen LogP contribution >= 0.6 is 15.9 Å².